The van der Waals surface area contributed by atoms with Crippen LogP contribution in [0.5, 0.6) is 11.5 Å². The van der Waals surface area contributed by atoms with Gasteiger partial charge in [0.1, 0.15) is 18.1 Å². The fourth-order valence-corrected chi connectivity index (χ4v) is 1.63. The van der Waals surface area contributed by atoms with Crippen molar-refractivity contribution in [2.45, 2.75) is 0 Å². The normalized spacial score (nSPS) is 10.6. The number of rotatable bonds is 5. The first-order valence-electron chi connectivity index (χ1n) is 4.50. The van der Waals surface area contributed by atoms with Gasteiger partial charge in [0.05, 0.1) is 11.6 Å². The van der Waals surface area contributed by atoms with E-state index in [4.69, 9.17) is 9.47 Å². The molecule has 0 bridgehead atoms. The molecule has 0 saturated carbocycles. The predicted octanol–water partition coefficient (Wildman–Crippen LogP) is 3.32. The molecular formula is C11H13BrO2S. The van der Waals surface area contributed by atoms with Crippen molar-refractivity contribution in [1.29, 1.82) is 0 Å². The molecule has 1 aromatic carbocycles. The van der Waals surface area contributed by atoms with Crippen LogP contribution in [0.15, 0.2) is 34.8 Å². The predicted molar refractivity (Wildman–Crippen MR) is 69.2 cm³/mol. The van der Waals surface area contributed by atoms with E-state index in [1.807, 2.05) is 30.4 Å². The van der Waals surface area contributed by atoms with E-state index in [2.05, 4.69) is 28.6 Å². The highest BCUT2D eigenvalue weighted by Crippen LogP contribution is 2.28. The molecule has 0 N–H and O–H groups in total. The summed E-state index contributed by atoms with van der Waals surface area (Å²) in [5.41, 5.74) is 0. The Bertz CT molecular complexity index is 339. The molecule has 0 unspecified atom stereocenters. The zero-order chi connectivity index (χ0) is 11.1. The molecular weight excluding hydrogens is 276 g/mol. The molecule has 1 aromatic rings. The lowest BCUT2D eigenvalue weighted by atomic mass is 10.3. The molecule has 0 radical (unpaired) electrons. The van der Waals surface area contributed by atoms with Crippen molar-refractivity contribution in [1.82, 2.24) is 0 Å². The van der Waals surface area contributed by atoms with Crippen LogP contribution >= 0.6 is 28.6 Å². The summed E-state index contributed by atoms with van der Waals surface area (Å²) in [4.78, 5) is 0. The second-order valence-electron chi connectivity index (χ2n) is 2.76. The number of benzene rings is 1. The summed E-state index contributed by atoms with van der Waals surface area (Å²) in [6.07, 6.45) is 3.88. The maximum absolute atomic E-state index is 5.52. The van der Waals surface area contributed by atoms with E-state index in [1.54, 1.807) is 7.11 Å². The van der Waals surface area contributed by atoms with Gasteiger partial charge in [-0.1, -0.05) is 12.2 Å². The number of thiol groups is 1. The second-order valence-corrected chi connectivity index (χ2v) is 3.98. The third kappa shape index (κ3) is 4.18. The number of hydrogen-bond donors (Lipinski definition) is 1. The molecule has 0 fully saturated rings. The molecule has 2 nitrogen and oxygen atoms in total. The Hall–Kier alpha value is -0.610. The molecule has 0 spiro atoms. The van der Waals surface area contributed by atoms with Gasteiger partial charge in [-0.15, -0.1) is 0 Å². The minimum absolute atomic E-state index is 0.547. The maximum atomic E-state index is 5.52. The molecule has 0 aliphatic heterocycles. The number of halogens is 1. The lowest BCUT2D eigenvalue weighted by molar-refractivity contribution is 0.358. The third-order valence-corrected chi connectivity index (χ3v) is 2.58. The van der Waals surface area contributed by atoms with Gasteiger partial charge in [-0.3, -0.25) is 0 Å². The molecule has 0 atom stereocenters. The second kappa shape index (κ2) is 6.80. The molecule has 82 valence electrons. The largest absolute Gasteiger partial charge is 0.497 e. The zero-order valence-corrected chi connectivity index (χ0v) is 10.9. The summed E-state index contributed by atoms with van der Waals surface area (Å²) in [6.45, 7) is 0.547. The number of hydrogen-bond acceptors (Lipinski definition) is 3. The highest BCUT2D eigenvalue weighted by molar-refractivity contribution is 9.10. The van der Waals surface area contributed by atoms with E-state index in [-0.39, 0.29) is 0 Å². The van der Waals surface area contributed by atoms with Gasteiger partial charge in [0, 0.05) is 5.75 Å². The van der Waals surface area contributed by atoms with Crippen molar-refractivity contribution in [3.63, 3.8) is 0 Å². The average Bonchev–Trinajstić information content (AvgIpc) is 2.26. The Balaban J connectivity index is 2.58. The number of methoxy groups -OCH3 is 1. The highest BCUT2D eigenvalue weighted by Gasteiger charge is 2.01. The summed E-state index contributed by atoms with van der Waals surface area (Å²) >= 11 is 7.47. The minimum atomic E-state index is 0.547. The van der Waals surface area contributed by atoms with Gasteiger partial charge < -0.3 is 9.47 Å². The van der Waals surface area contributed by atoms with Crippen LogP contribution in [-0.4, -0.2) is 19.5 Å². The van der Waals surface area contributed by atoms with Gasteiger partial charge >= 0.3 is 0 Å². The van der Waals surface area contributed by atoms with E-state index < -0.39 is 0 Å². The summed E-state index contributed by atoms with van der Waals surface area (Å²) in [6, 6.07) is 5.61. The van der Waals surface area contributed by atoms with Gasteiger partial charge in [-0.25, -0.2) is 0 Å². The molecule has 0 aliphatic carbocycles. The van der Waals surface area contributed by atoms with Gasteiger partial charge in [0.15, 0.2) is 0 Å². The zero-order valence-electron chi connectivity index (χ0n) is 8.44. The molecule has 1 rings (SSSR count). The monoisotopic (exact) mass is 288 g/mol. The van der Waals surface area contributed by atoms with E-state index in [1.165, 1.54) is 0 Å². The van der Waals surface area contributed by atoms with Crippen molar-refractivity contribution < 1.29 is 9.47 Å². The van der Waals surface area contributed by atoms with Crippen molar-refractivity contribution >= 4 is 28.6 Å². The van der Waals surface area contributed by atoms with Crippen LogP contribution in [-0.2, 0) is 0 Å². The lowest BCUT2D eigenvalue weighted by Gasteiger charge is -2.07. The van der Waals surface area contributed by atoms with E-state index in [0.29, 0.717) is 6.61 Å². The molecule has 0 aliphatic rings. The molecule has 0 amide bonds. The van der Waals surface area contributed by atoms with Crippen LogP contribution in [0.1, 0.15) is 0 Å². The van der Waals surface area contributed by atoms with Crippen LogP contribution < -0.4 is 9.47 Å². The topological polar surface area (TPSA) is 18.5 Å². The molecule has 0 saturated heterocycles. The van der Waals surface area contributed by atoms with Crippen molar-refractivity contribution in [2.75, 3.05) is 19.5 Å². The van der Waals surface area contributed by atoms with Crippen LogP contribution in [0.3, 0.4) is 0 Å². The van der Waals surface area contributed by atoms with E-state index in [0.717, 1.165) is 21.7 Å². The molecule has 0 aromatic heterocycles. The third-order valence-electron chi connectivity index (χ3n) is 1.75. The Morgan fingerprint density at radius 3 is 2.80 bits per heavy atom. The van der Waals surface area contributed by atoms with Crippen LogP contribution in [0.4, 0.5) is 0 Å². The highest BCUT2D eigenvalue weighted by atomic mass is 79.9. The smallest absolute Gasteiger partial charge is 0.134 e. The van der Waals surface area contributed by atoms with Crippen LogP contribution in [0, 0.1) is 0 Å². The van der Waals surface area contributed by atoms with E-state index >= 15 is 0 Å². The van der Waals surface area contributed by atoms with Gasteiger partial charge in [0.25, 0.3) is 0 Å². The standard InChI is InChI=1S/C11H13BrO2S/c1-13-9-4-5-11(10(12)8-9)14-6-2-3-7-15/h2-5,8,15H,6-7H2,1H3/b3-2+. The maximum Gasteiger partial charge on any atom is 0.134 e. The quantitative estimate of drug-likeness (QED) is 0.662. The Morgan fingerprint density at radius 1 is 1.40 bits per heavy atom. The van der Waals surface area contributed by atoms with Crippen molar-refractivity contribution in [3.8, 4) is 11.5 Å². The van der Waals surface area contributed by atoms with Crippen molar-refractivity contribution in [2.24, 2.45) is 0 Å². The van der Waals surface area contributed by atoms with Crippen LogP contribution in [0.25, 0.3) is 0 Å². The Kier molecular flexibility index (Phi) is 5.65. The Labute approximate surface area is 104 Å². The first-order chi connectivity index (χ1) is 7.27. The van der Waals surface area contributed by atoms with Gasteiger partial charge in [-0.2, -0.15) is 12.6 Å². The van der Waals surface area contributed by atoms with Gasteiger partial charge in [0.2, 0.25) is 0 Å². The SMILES string of the molecule is COc1ccc(OC/C=C/CS)c(Br)c1. The van der Waals surface area contributed by atoms with Crippen molar-refractivity contribution in [3.05, 3.63) is 34.8 Å². The summed E-state index contributed by atoms with van der Waals surface area (Å²) in [5, 5.41) is 0. The summed E-state index contributed by atoms with van der Waals surface area (Å²) in [7, 11) is 1.64. The summed E-state index contributed by atoms with van der Waals surface area (Å²) in [5.74, 6) is 2.34. The minimum Gasteiger partial charge on any atom is -0.497 e. The van der Waals surface area contributed by atoms with E-state index in [9.17, 15) is 0 Å². The van der Waals surface area contributed by atoms with Crippen LogP contribution in [0.2, 0.25) is 0 Å². The summed E-state index contributed by atoms with van der Waals surface area (Å²) < 4.78 is 11.5. The lowest BCUT2D eigenvalue weighted by Crippen LogP contribution is -1.94. The Morgan fingerprint density at radius 2 is 2.20 bits per heavy atom. The first-order valence-corrected chi connectivity index (χ1v) is 5.92. The molecule has 15 heavy (non-hydrogen) atoms. The first kappa shape index (κ1) is 12.5. The fourth-order valence-electron chi connectivity index (χ4n) is 1.01. The molecule has 4 heteroatoms. The molecule has 0 heterocycles. The average molecular weight is 289 g/mol. The number of ether oxygens (including phenoxy) is 2. The fraction of sp³-hybridized carbons (Fsp3) is 0.273. The van der Waals surface area contributed by atoms with Gasteiger partial charge in [-0.05, 0) is 34.1 Å².